The van der Waals surface area contributed by atoms with Crippen molar-refractivity contribution in [3.63, 3.8) is 0 Å². The Morgan fingerprint density at radius 1 is 1.33 bits per heavy atom. The summed E-state index contributed by atoms with van der Waals surface area (Å²) in [6.45, 7) is 6.89. The standard InChI is InChI=1S/C8H14O3S/c1-3-5-7-8(6-4-2)12(9,10)11/h3-4,8H,1-2,5-7H2,(H,9,10,11). The van der Waals surface area contributed by atoms with Crippen LogP contribution < -0.4 is 0 Å². The van der Waals surface area contributed by atoms with Gasteiger partial charge >= 0.3 is 0 Å². The predicted molar refractivity (Wildman–Crippen MR) is 49.6 cm³/mol. The molecule has 0 aliphatic rings. The van der Waals surface area contributed by atoms with Crippen molar-refractivity contribution in [3.8, 4) is 0 Å². The van der Waals surface area contributed by atoms with Gasteiger partial charge in [0.2, 0.25) is 0 Å². The first-order chi connectivity index (χ1) is 5.52. The monoisotopic (exact) mass is 190 g/mol. The maximum atomic E-state index is 10.7. The minimum Gasteiger partial charge on any atom is -0.285 e. The first kappa shape index (κ1) is 11.4. The van der Waals surface area contributed by atoms with Crippen LogP contribution in [0, 0.1) is 0 Å². The van der Waals surface area contributed by atoms with Crippen molar-refractivity contribution in [2.75, 3.05) is 0 Å². The molecule has 1 N–H and O–H groups in total. The molecule has 0 rings (SSSR count). The van der Waals surface area contributed by atoms with Gasteiger partial charge in [-0.3, -0.25) is 4.55 Å². The molecule has 0 heterocycles. The molecule has 0 fully saturated rings. The minimum atomic E-state index is -3.92. The molecule has 12 heavy (non-hydrogen) atoms. The van der Waals surface area contributed by atoms with Crippen molar-refractivity contribution in [2.45, 2.75) is 24.5 Å². The quantitative estimate of drug-likeness (QED) is 0.513. The maximum absolute atomic E-state index is 10.7. The van der Waals surface area contributed by atoms with Crippen LogP contribution >= 0.6 is 0 Å². The second-order valence-electron chi connectivity index (χ2n) is 2.53. The van der Waals surface area contributed by atoms with Crippen LogP contribution in [0.2, 0.25) is 0 Å². The summed E-state index contributed by atoms with van der Waals surface area (Å²) in [5, 5.41) is -0.729. The highest BCUT2D eigenvalue weighted by molar-refractivity contribution is 7.86. The number of allylic oxidation sites excluding steroid dienone is 2. The summed E-state index contributed by atoms with van der Waals surface area (Å²) in [6, 6.07) is 0. The second kappa shape index (κ2) is 5.11. The molecule has 0 aromatic carbocycles. The van der Waals surface area contributed by atoms with E-state index in [4.69, 9.17) is 4.55 Å². The van der Waals surface area contributed by atoms with E-state index in [0.717, 1.165) is 0 Å². The Balaban J connectivity index is 4.23. The van der Waals surface area contributed by atoms with Crippen molar-refractivity contribution < 1.29 is 13.0 Å². The molecule has 0 aromatic rings. The van der Waals surface area contributed by atoms with Gasteiger partial charge in [-0.1, -0.05) is 12.2 Å². The lowest BCUT2D eigenvalue weighted by atomic mass is 10.2. The Bertz CT molecular complexity index is 241. The minimum absolute atomic E-state index is 0.284. The molecule has 70 valence electrons. The molecule has 0 aliphatic carbocycles. The molecule has 0 bridgehead atoms. The second-order valence-corrected chi connectivity index (χ2v) is 4.22. The van der Waals surface area contributed by atoms with E-state index in [1.807, 2.05) is 0 Å². The van der Waals surface area contributed by atoms with E-state index in [1.54, 1.807) is 6.08 Å². The molecule has 0 amide bonds. The Labute approximate surface area is 73.5 Å². The third-order valence-corrected chi connectivity index (χ3v) is 2.81. The molecule has 0 saturated heterocycles. The van der Waals surface area contributed by atoms with Gasteiger partial charge < -0.3 is 0 Å². The summed E-state index contributed by atoms with van der Waals surface area (Å²) in [5.74, 6) is 0. The van der Waals surface area contributed by atoms with E-state index in [-0.39, 0.29) is 6.42 Å². The lowest BCUT2D eigenvalue weighted by Crippen LogP contribution is -2.19. The SMILES string of the molecule is C=CCCC(CC=C)S(=O)(=O)O. The molecule has 4 heteroatoms. The molecule has 0 saturated carbocycles. The zero-order valence-corrected chi connectivity index (χ0v) is 7.76. The van der Waals surface area contributed by atoms with E-state index in [1.165, 1.54) is 6.08 Å². The molecule has 0 radical (unpaired) electrons. The van der Waals surface area contributed by atoms with Crippen LogP contribution in [0.3, 0.4) is 0 Å². The predicted octanol–water partition coefficient (Wildman–Crippen LogP) is 1.79. The van der Waals surface area contributed by atoms with Crippen molar-refractivity contribution in [1.82, 2.24) is 0 Å². The van der Waals surface area contributed by atoms with Gasteiger partial charge in [-0.05, 0) is 19.3 Å². The van der Waals surface area contributed by atoms with E-state index >= 15 is 0 Å². The Kier molecular flexibility index (Phi) is 4.85. The van der Waals surface area contributed by atoms with Gasteiger partial charge in [-0.25, -0.2) is 0 Å². The van der Waals surface area contributed by atoms with Gasteiger partial charge in [-0.2, -0.15) is 8.42 Å². The van der Waals surface area contributed by atoms with Crippen LogP contribution in [0.15, 0.2) is 25.3 Å². The molecular weight excluding hydrogens is 176 g/mol. The zero-order chi connectivity index (χ0) is 9.61. The van der Waals surface area contributed by atoms with Crippen molar-refractivity contribution >= 4 is 10.1 Å². The average Bonchev–Trinajstić information content (AvgIpc) is 1.95. The highest BCUT2D eigenvalue weighted by atomic mass is 32.2. The van der Waals surface area contributed by atoms with Gasteiger partial charge in [-0.15, -0.1) is 13.2 Å². The maximum Gasteiger partial charge on any atom is 0.268 e. The summed E-state index contributed by atoms with van der Waals surface area (Å²) < 4.78 is 30.1. The smallest absolute Gasteiger partial charge is 0.268 e. The summed E-state index contributed by atoms with van der Waals surface area (Å²) >= 11 is 0. The summed E-state index contributed by atoms with van der Waals surface area (Å²) in [7, 11) is -3.92. The Morgan fingerprint density at radius 3 is 2.25 bits per heavy atom. The largest absolute Gasteiger partial charge is 0.285 e. The number of hydrogen-bond donors (Lipinski definition) is 1. The summed E-state index contributed by atoms with van der Waals surface area (Å²) in [5.41, 5.74) is 0. The molecular formula is C8H14O3S. The third kappa shape index (κ3) is 4.31. The summed E-state index contributed by atoms with van der Waals surface area (Å²) in [6.07, 6.45) is 4.38. The molecule has 1 unspecified atom stereocenters. The zero-order valence-electron chi connectivity index (χ0n) is 6.94. The van der Waals surface area contributed by atoms with Crippen molar-refractivity contribution in [2.24, 2.45) is 0 Å². The van der Waals surface area contributed by atoms with E-state index < -0.39 is 15.4 Å². The van der Waals surface area contributed by atoms with Gasteiger partial charge in [0.1, 0.15) is 0 Å². The fourth-order valence-corrected chi connectivity index (χ4v) is 1.69. The van der Waals surface area contributed by atoms with E-state index in [0.29, 0.717) is 12.8 Å². The first-order valence-corrected chi connectivity index (χ1v) is 5.20. The molecule has 0 aliphatic heterocycles. The van der Waals surface area contributed by atoms with E-state index in [2.05, 4.69) is 13.2 Å². The first-order valence-electron chi connectivity index (χ1n) is 3.70. The van der Waals surface area contributed by atoms with Crippen molar-refractivity contribution in [1.29, 1.82) is 0 Å². The third-order valence-electron chi connectivity index (χ3n) is 1.54. The van der Waals surface area contributed by atoms with Gasteiger partial charge in [0.05, 0.1) is 5.25 Å². The highest BCUT2D eigenvalue weighted by Crippen LogP contribution is 2.11. The fraction of sp³-hybridized carbons (Fsp3) is 0.500. The van der Waals surface area contributed by atoms with Crippen LogP contribution in [0.25, 0.3) is 0 Å². The van der Waals surface area contributed by atoms with Crippen LogP contribution in [-0.2, 0) is 10.1 Å². The average molecular weight is 190 g/mol. The normalized spacial score (nSPS) is 13.8. The van der Waals surface area contributed by atoms with Gasteiger partial charge in [0, 0.05) is 0 Å². The van der Waals surface area contributed by atoms with Crippen LogP contribution in [0.1, 0.15) is 19.3 Å². The van der Waals surface area contributed by atoms with Gasteiger partial charge in [0.15, 0.2) is 0 Å². The Hall–Kier alpha value is -0.610. The van der Waals surface area contributed by atoms with Crippen LogP contribution in [0.4, 0.5) is 0 Å². The van der Waals surface area contributed by atoms with Crippen molar-refractivity contribution in [3.05, 3.63) is 25.3 Å². The lowest BCUT2D eigenvalue weighted by molar-refractivity contribution is 0.462. The molecule has 3 nitrogen and oxygen atoms in total. The highest BCUT2D eigenvalue weighted by Gasteiger charge is 2.19. The Morgan fingerprint density at radius 2 is 1.92 bits per heavy atom. The summed E-state index contributed by atoms with van der Waals surface area (Å²) in [4.78, 5) is 0. The molecule has 0 spiro atoms. The number of rotatable bonds is 6. The molecule has 0 aromatic heterocycles. The fourth-order valence-electron chi connectivity index (χ4n) is 0.878. The number of hydrogen-bond acceptors (Lipinski definition) is 2. The molecule has 1 atom stereocenters. The van der Waals surface area contributed by atoms with Gasteiger partial charge in [0.25, 0.3) is 10.1 Å². The van der Waals surface area contributed by atoms with Crippen LogP contribution in [-0.4, -0.2) is 18.2 Å². The lowest BCUT2D eigenvalue weighted by Gasteiger charge is -2.09. The van der Waals surface area contributed by atoms with E-state index in [9.17, 15) is 8.42 Å². The van der Waals surface area contributed by atoms with Crippen LogP contribution in [0.5, 0.6) is 0 Å². The topological polar surface area (TPSA) is 54.4 Å².